The van der Waals surface area contributed by atoms with Gasteiger partial charge in [0.2, 0.25) is 5.91 Å². The number of para-hydroxylation sites is 1. The normalized spacial score (nSPS) is 16.6. The van der Waals surface area contributed by atoms with E-state index in [0.29, 0.717) is 25.8 Å². The van der Waals surface area contributed by atoms with Crippen LogP contribution < -0.4 is 4.90 Å². The van der Waals surface area contributed by atoms with E-state index in [9.17, 15) is 9.59 Å². The minimum absolute atomic E-state index is 0.0415. The maximum absolute atomic E-state index is 12.7. The van der Waals surface area contributed by atoms with Gasteiger partial charge in [-0.3, -0.25) is 9.59 Å². The lowest BCUT2D eigenvalue weighted by Gasteiger charge is -2.33. The van der Waals surface area contributed by atoms with Crippen LogP contribution in [0, 0.1) is 6.92 Å². The Bertz CT molecular complexity index is 749. The van der Waals surface area contributed by atoms with Gasteiger partial charge in [0.05, 0.1) is 13.0 Å². The molecule has 126 valence electrons. The molecule has 24 heavy (non-hydrogen) atoms. The van der Waals surface area contributed by atoms with Crippen LogP contribution in [0.3, 0.4) is 0 Å². The number of ether oxygens (including phenoxy) is 1. The van der Waals surface area contributed by atoms with E-state index in [1.165, 1.54) is 7.11 Å². The Hall–Kier alpha value is -2.56. The van der Waals surface area contributed by atoms with Crippen molar-refractivity contribution in [2.75, 3.05) is 18.6 Å². The van der Waals surface area contributed by atoms with Crippen LogP contribution in [0.4, 0.5) is 5.69 Å². The van der Waals surface area contributed by atoms with Crippen LogP contribution in [0.15, 0.2) is 40.8 Å². The van der Waals surface area contributed by atoms with E-state index in [-0.39, 0.29) is 17.8 Å². The zero-order valence-electron chi connectivity index (χ0n) is 14.0. The van der Waals surface area contributed by atoms with Gasteiger partial charge in [-0.2, -0.15) is 0 Å². The highest BCUT2D eigenvalue weighted by Gasteiger charge is 2.32. The Balaban J connectivity index is 1.76. The van der Waals surface area contributed by atoms with Gasteiger partial charge in [0, 0.05) is 25.1 Å². The number of methoxy groups -OCH3 is 1. The molecular formula is C19H21NO4. The predicted octanol–water partition coefficient (Wildman–Crippen LogP) is 3.21. The van der Waals surface area contributed by atoms with Crippen LogP contribution in [0.25, 0.3) is 0 Å². The fourth-order valence-electron chi connectivity index (χ4n) is 3.19. The van der Waals surface area contributed by atoms with Crippen molar-refractivity contribution in [3.63, 3.8) is 0 Å². The second-order valence-electron chi connectivity index (χ2n) is 5.98. The maximum Gasteiger partial charge on any atom is 0.313 e. The lowest BCUT2D eigenvalue weighted by atomic mass is 9.89. The molecule has 0 spiro atoms. The van der Waals surface area contributed by atoms with E-state index in [1.54, 1.807) is 4.90 Å². The van der Waals surface area contributed by atoms with Gasteiger partial charge in [-0.25, -0.2) is 0 Å². The highest BCUT2D eigenvalue weighted by Crippen LogP contribution is 2.36. The number of hydrogen-bond donors (Lipinski definition) is 0. The number of furan rings is 1. The van der Waals surface area contributed by atoms with Crippen LogP contribution in [0.1, 0.15) is 35.8 Å². The van der Waals surface area contributed by atoms with Crippen molar-refractivity contribution in [2.45, 2.75) is 32.1 Å². The zero-order valence-corrected chi connectivity index (χ0v) is 14.0. The van der Waals surface area contributed by atoms with Crippen LogP contribution in [0.2, 0.25) is 0 Å². The van der Waals surface area contributed by atoms with Gasteiger partial charge in [-0.1, -0.05) is 18.2 Å². The van der Waals surface area contributed by atoms with Crippen molar-refractivity contribution in [3.8, 4) is 0 Å². The van der Waals surface area contributed by atoms with Crippen LogP contribution in [0.5, 0.6) is 0 Å². The molecule has 1 aromatic heterocycles. The van der Waals surface area contributed by atoms with Gasteiger partial charge in [0.1, 0.15) is 11.5 Å². The van der Waals surface area contributed by atoms with Gasteiger partial charge in [-0.15, -0.1) is 0 Å². The smallest absolute Gasteiger partial charge is 0.313 e. The molecule has 1 unspecified atom stereocenters. The van der Waals surface area contributed by atoms with E-state index in [4.69, 9.17) is 9.15 Å². The number of fused-ring (bicyclic) bond motifs is 1. The molecule has 0 saturated heterocycles. The fraction of sp³-hybridized carbons (Fsp3) is 0.368. The molecule has 0 aliphatic carbocycles. The lowest BCUT2D eigenvalue weighted by Crippen LogP contribution is -2.38. The average Bonchev–Trinajstić information content (AvgIpc) is 3.03. The minimum Gasteiger partial charge on any atom is -0.469 e. The quantitative estimate of drug-likeness (QED) is 0.809. The monoisotopic (exact) mass is 327 g/mol. The molecule has 1 aliphatic rings. The van der Waals surface area contributed by atoms with Crippen molar-refractivity contribution < 1.29 is 18.7 Å². The molecule has 1 atom stereocenters. The summed E-state index contributed by atoms with van der Waals surface area (Å²) in [5.74, 6) is 1.16. The maximum atomic E-state index is 12.7. The van der Waals surface area contributed by atoms with Crippen molar-refractivity contribution in [1.29, 1.82) is 0 Å². The van der Waals surface area contributed by atoms with Gasteiger partial charge in [0.15, 0.2) is 0 Å². The van der Waals surface area contributed by atoms with Gasteiger partial charge in [-0.05, 0) is 37.1 Å². The molecule has 2 heterocycles. The molecule has 1 aromatic carbocycles. The summed E-state index contributed by atoms with van der Waals surface area (Å²) in [6.07, 6.45) is 1.53. The number of rotatable bonds is 4. The van der Waals surface area contributed by atoms with Gasteiger partial charge >= 0.3 is 5.97 Å². The number of aryl methyl sites for hydroxylation is 2. The minimum atomic E-state index is -0.303. The molecule has 0 bridgehead atoms. The molecule has 0 fully saturated rings. The van der Waals surface area contributed by atoms with E-state index in [0.717, 1.165) is 22.8 Å². The number of hydrogen-bond acceptors (Lipinski definition) is 4. The van der Waals surface area contributed by atoms with Crippen molar-refractivity contribution >= 4 is 17.6 Å². The predicted molar refractivity (Wildman–Crippen MR) is 89.9 cm³/mol. The largest absolute Gasteiger partial charge is 0.469 e. The third-order valence-corrected chi connectivity index (χ3v) is 4.41. The second kappa shape index (κ2) is 6.91. The first-order valence-corrected chi connectivity index (χ1v) is 8.12. The number of carbonyl (C=O) groups is 2. The van der Waals surface area contributed by atoms with E-state index in [1.807, 2.05) is 43.3 Å². The van der Waals surface area contributed by atoms with Crippen LogP contribution in [-0.2, 0) is 20.7 Å². The third-order valence-electron chi connectivity index (χ3n) is 4.41. The molecular weight excluding hydrogens is 306 g/mol. The van der Waals surface area contributed by atoms with E-state index < -0.39 is 0 Å². The molecule has 0 N–H and O–H groups in total. The molecule has 2 aromatic rings. The van der Waals surface area contributed by atoms with Crippen LogP contribution in [-0.4, -0.2) is 25.5 Å². The van der Waals surface area contributed by atoms with Crippen molar-refractivity contribution in [2.24, 2.45) is 0 Å². The Kier molecular flexibility index (Phi) is 4.69. The second-order valence-corrected chi connectivity index (χ2v) is 5.98. The van der Waals surface area contributed by atoms with Crippen LogP contribution >= 0.6 is 0 Å². The zero-order chi connectivity index (χ0) is 17.1. The molecule has 0 radical (unpaired) electrons. The summed E-state index contributed by atoms with van der Waals surface area (Å²) in [7, 11) is 1.40. The molecule has 1 amide bonds. The molecule has 5 nitrogen and oxygen atoms in total. The summed E-state index contributed by atoms with van der Waals surface area (Å²) in [5.41, 5.74) is 1.66. The number of anilines is 1. The summed E-state index contributed by atoms with van der Waals surface area (Å²) in [4.78, 5) is 26.4. The molecule has 3 rings (SSSR count). The highest BCUT2D eigenvalue weighted by atomic mass is 16.5. The summed E-state index contributed by atoms with van der Waals surface area (Å²) in [5, 5.41) is 0. The Morgan fingerprint density at radius 2 is 2.04 bits per heavy atom. The Morgan fingerprint density at radius 3 is 2.75 bits per heavy atom. The topological polar surface area (TPSA) is 59.8 Å². The molecule has 1 aliphatic heterocycles. The van der Waals surface area contributed by atoms with Gasteiger partial charge < -0.3 is 14.1 Å². The van der Waals surface area contributed by atoms with E-state index in [2.05, 4.69) is 0 Å². The average molecular weight is 327 g/mol. The Morgan fingerprint density at radius 1 is 1.25 bits per heavy atom. The first kappa shape index (κ1) is 16.3. The first-order chi connectivity index (χ1) is 11.6. The number of esters is 1. The standard InChI is InChI=1S/C19H21NO4/c1-13-7-8-14(24-13)9-10-18(21)20-12-11-16(19(22)23-2)15-5-3-4-6-17(15)20/h3-8,16H,9-12H2,1-2H3. The van der Waals surface area contributed by atoms with Gasteiger partial charge in [0.25, 0.3) is 0 Å². The SMILES string of the molecule is COC(=O)C1CCN(C(=O)CCc2ccc(C)o2)c2ccccc21. The Labute approximate surface area is 141 Å². The first-order valence-electron chi connectivity index (χ1n) is 8.12. The lowest BCUT2D eigenvalue weighted by molar-refractivity contribution is -0.142. The third kappa shape index (κ3) is 3.20. The summed E-state index contributed by atoms with van der Waals surface area (Å²) < 4.78 is 10.4. The highest BCUT2D eigenvalue weighted by molar-refractivity contribution is 5.96. The van der Waals surface area contributed by atoms with Crippen molar-refractivity contribution in [1.82, 2.24) is 0 Å². The number of amides is 1. The molecule has 5 heteroatoms. The molecule has 0 saturated carbocycles. The summed E-state index contributed by atoms with van der Waals surface area (Å²) in [6.45, 7) is 2.41. The van der Waals surface area contributed by atoms with Crippen molar-refractivity contribution in [3.05, 3.63) is 53.5 Å². The number of benzene rings is 1. The number of nitrogens with zero attached hydrogens (tertiary/aromatic N) is 1. The van der Waals surface area contributed by atoms with E-state index >= 15 is 0 Å². The fourth-order valence-corrected chi connectivity index (χ4v) is 3.19. The number of carbonyl (C=O) groups excluding carboxylic acids is 2. The summed E-state index contributed by atoms with van der Waals surface area (Å²) >= 11 is 0. The summed E-state index contributed by atoms with van der Waals surface area (Å²) in [6, 6.07) is 11.4.